The third kappa shape index (κ3) is 78.8. The van der Waals surface area contributed by atoms with E-state index in [1.54, 1.807) is 0 Å². The molecular weight excluding hydrogens is 360 g/mol. The maximum Gasteiger partial charge on any atom is 0.319 e. The maximum atomic E-state index is 7.56. The van der Waals surface area contributed by atoms with Gasteiger partial charge in [0.2, 0.25) is 0 Å². The van der Waals surface area contributed by atoms with Crippen LogP contribution in [0.5, 0.6) is 0 Å². The Morgan fingerprint density at radius 2 is 0.941 bits per heavy atom. The molecule has 0 aliphatic rings. The molecule has 11 heteroatoms. The molecule has 0 saturated carbocycles. The Kier molecular flexibility index (Phi) is 16.2. The first-order chi connectivity index (χ1) is 7.00. The molecule has 0 aliphatic carbocycles. The first-order valence-corrected chi connectivity index (χ1v) is 8.80. The van der Waals surface area contributed by atoms with Gasteiger partial charge in [0.1, 0.15) is 0 Å². The zero-order chi connectivity index (χ0) is 13.2. The van der Waals surface area contributed by atoms with Crippen molar-refractivity contribution in [3.8, 4) is 0 Å². The standard InChI is InChI=1S/C6H5.2H3O3PS.Zn/c1-2-4-6-5-3-1;2*1-4(2,3)5;/h1-5H;2*(H3,1,2,3,5);/q-1;;;. The summed E-state index contributed by atoms with van der Waals surface area (Å²) in [6, 6.07) is 12.5. The number of hydrogen-bond acceptors (Lipinski definition) is 2. The molecule has 17 heavy (non-hydrogen) atoms. The zero-order valence-electron chi connectivity index (χ0n) is 8.49. The molecule has 0 aromatic heterocycles. The SMILES string of the molecule is OP(O)(O)=S.OP(O)(O)=S.[Zn].[c-]1ccccc1. The van der Waals surface area contributed by atoms with Crippen molar-refractivity contribution in [2.45, 2.75) is 0 Å². The van der Waals surface area contributed by atoms with E-state index in [4.69, 9.17) is 29.4 Å². The molecular formula is C6H11O6P2S2Zn-. The van der Waals surface area contributed by atoms with Crippen LogP contribution in [0, 0.1) is 6.07 Å². The molecule has 0 aliphatic heterocycles. The summed E-state index contributed by atoms with van der Waals surface area (Å²) in [6.07, 6.45) is 0. The quantitative estimate of drug-likeness (QED) is 0.212. The summed E-state index contributed by atoms with van der Waals surface area (Å²) in [5, 5.41) is 0. The van der Waals surface area contributed by atoms with Crippen molar-refractivity contribution in [2.24, 2.45) is 0 Å². The molecule has 1 aromatic rings. The summed E-state index contributed by atoms with van der Waals surface area (Å²) in [6.45, 7) is -7.61. The molecule has 1 aromatic carbocycles. The molecule has 6 nitrogen and oxygen atoms in total. The van der Waals surface area contributed by atoms with Crippen molar-refractivity contribution >= 4 is 37.1 Å². The van der Waals surface area contributed by atoms with Crippen molar-refractivity contribution in [1.29, 1.82) is 0 Å². The fraction of sp³-hybridized carbons (Fsp3) is 0. The second kappa shape index (κ2) is 12.0. The van der Waals surface area contributed by atoms with Gasteiger partial charge >= 0.3 is 13.4 Å². The fourth-order valence-corrected chi connectivity index (χ4v) is 0.342. The van der Waals surface area contributed by atoms with Crippen molar-refractivity contribution < 1.29 is 48.8 Å². The summed E-state index contributed by atoms with van der Waals surface area (Å²) >= 11 is 7.21. The Hall–Kier alpha value is 0.903. The number of hydrogen-bond donors (Lipinski definition) is 6. The summed E-state index contributed by atoms with van der Waals surface area (Å²) in [5.41, 5.74) is 0. The first kappa shape index (κ1) is 23.0. The molecule has 0 spiro atoms. The van der Waals surface area contributed by atoms with E-state index >= 15 is 0 Å². The monoisotopic (exact) mass is 369 g/mol. The molecule has 96 valence electrons. The third-order valence-electron chi connectivity index (χ3n) is 0.607. The van der Waals surface area contributed by atoms with Gasteiger partial charge in [-0.25, -0.2) is 0 Å². The normalized spacial score (nSPS) is 9.76. The smallest absolute Gasteiger partial charge is 0.319 e. The number of rotatable bonds is 0. The minimum atomic E-state index is -3.81. The van der Waals surface area contributed by atoms with Gasteiger partial charge in [-0.05, 0) is 23.6 Å². The summed E-state index contributed by atoms with van der Waals surface area (Å²) < 4.78 is 0. The molecule has 0 radical (unpaired) electrons. The van der Waals surface area contributed by atoms with Crippen molar-refractivity contribution in [2.75, 3.05) is 0 Å². The zero-order valence-corrected chi connectivity index (χ0v) is 14.9. The van der Waals surface area contributed by atoms with Crippen molar-refractivity contribution in [3.63, 3.8) is 0 Å². The van der Waals surface area contributed by atoms with Crippen molar-refractivity contribution in [1.82, 2.24) is 0 Å². The Labute approximate surface area is 122 Å². The van der Waals surface area contributed by atoms with E-state index in [1.807, 2.05) is 30.3 Å². The fourth-order valence-electron chi connectivity index (χ4n) is 0.342. The van der Waals surface area contributed by atoms with E-state index in [-0.39, 0.29) is 19.5 Å². The summed E-state index contributed by atoms with van der Waals surface area (Å²) in [4.78, 5) is 45.3. The minimum Gasteiger partial charge on any atom is -0.325 e. The van der Waals surface area contributed by atoms with Crippen LogP contribution in [0.25, 0.3) is 0 Å². The van der Waals surface area contributed by atoms with Gasteiger partial charge < -0.3 is 29.4 Å². The first-order valence-electron chi connectivity index (χ1n) is 3.48. The summed E-state index contributed by atoms with van der Waals surface area (Å²) in [5.74, 6) is 0. The van der Waals surface area contributed by atoms with Crippen LogP contribution in [0.4, 0.5) is 0 Å². The van der Waals surface area contributed by atoms with Gasteiger partial charge in [-0.3, -0.25) is 0 Å². The van der Waals surface area contributed by atoms with E-state index < -0.39 is 13.4 Å². The van der Waals surface area contributed by atoms with Crippen LogP contribution in [-0.4, -0.2) is 29.4 Å². The second-order valence-corrected chi connectivity index (χ2v) is 7.10. The molecule has 0 saturated heterocycles. The molecule has 0 amide bonds. The molecule has 0 unspecified atom stereocenters. The van der Waals surface area contributed by atoms with Gasteiger partial charge in [0, 0.05) is 19.5 Å². The molecule has 0 heterocycles. The molecule has 0 bridgehead atoms. The Balaban J connectivity index is -0.000000170. The van der Waals surface area contributed by atoms with Gasteiger partial charge in [-0.15, -0.1) is 0 Å². The van der Waals surface area contributed by atoms with Gasteiger partial charge in [0.25, 0.3) is 0 Å². The Morgan fingerprint density at radius 3 is 1.00 bits per heavy atom. The van der Waals surface area contributed by atoms with Crippen LogP contribution < -0.4 is 0 Å². The molecule has 1 rings (SSSR count). The third-order valence-corrected chi connectivity index (χ3v) is 0.607. The average molecular weight is 371 g/mol. The van der Waals surface area contributed by atoms with E-state index in [0.717, 1.165) is 0 Å². The van der Waals surface area contributed by atoms with Crippen LogP contribution >= 0.6 is 13.4 Å². The predicted octanol–water partition coefficient (Wildman–Crippen LogP) is -0.140. The maximum absolute atomic E-state index is 7.56. The molecule has 0 fully saturated rings. The largest absolute Gasteiger partial charge is 0.325 e. The van der Waals surface area contributed by atoms with Gasteiger partial charge in [0.15, 0.2) is 0 Å². The Bertz CT molecular complexity index is 290. The van der Waals surface area contributed by atoms with Gasteiger partial charge in [0.05, 0.1) is 0 Å². The number of benzene rings is 1. The van der Waals surface area contributed by atoms with Crippen LogP contribution in [0.15, 0.2) is 30.3 Å². The van der Waals surface area contributed by atoms with Crippen molar-refractivity contribution in [3.05, 3.63) is 36.4 Å². The second-order valence-electron chi connectivity index (χ2n) is 2.10. The van der Waals surface area contributed by atoms with Crippen LogP contribution in [0.2, 0.25) is 0 Å². The predicted molar refractivity (Wildman–Crippen MR) is 67.2 cm³/mol. The van der Waals surface area contributed by atoms with E-state index in [0.29, 0.717) is 0 Å². The molecule has 0 atom stereocenters. The topological polar surface area (TPSA) is 121 Å². The Morgan fingerprint density at radius 1 is 0.706 bits per heavy atom. The van der Waals surface area contributed by atoms with Gasteiger partial charge in [-0.1, -0.05) is 0 Å². The minimum absolute atomic E-state index is 0. The van der Waals surface area contributed by atoms with Crippen LogP contribution in [0.1, 0.15) is 0 Å². The van der Waals surface area contributed by atoms with E-state index in [1.165, 1.54) is 0 Å². The summed E-state index contributed by atoms with van der Waals surface area (Å²) in [7, 11) is 0. The van der Waals surface area contributed by atoms with Gasteiger partial charge in [-0.2, -0.15) is 36.4 Å². The van der Waals surface area contributed by atoms with E-state index in [9.17, 15) is 0 Å². The average Bonchev–Trinajstić information content (AvgIpc) is 2.01. The van der Waals surface area contributed by atoms with Crippen LogP contribution in [0.3, 0.4) is 0 Å². The van der Waals surface area contributed by atoms with Crippen LogP contribution in [-0.2, 0) is 43.1 Å². The van der Waals surface area contributed by atoms with E-state index in [2.05, 4.69) is 29.7 Å². The molecule has 6 N–H and O–H groups in total.